The van der Waals surface area contributed by atoms with E-state index in [9.17, 15) is 13.6 Å². The van der Waals surface area contributed by atoms with Gasteiger partial charge in [-0.25, -0.2) is 8.78 Å². The third-order valence-corrected chi connectivity index (χ3v) is 2.95. The fraction of sp³-hybridized carbons (Fsp3) is 0.417. The molecule has 0 radical (unpaired) electrons. The predicted octanol–water partition coefficient (Wildman–Crippen LogP) is 3.50. The van der Waals surface area contributed by atoms with E-state index in [-0.39, 0.29) is 6.42 Å². The van der Waals surface area contributed by atoms with Crippen LogP contribution in [0.15, 0.2) is 29.4 Å². The molecule has 19 heavy (non-hydrogen) atoms. The van der Waals surface area contributed by atoms with Crippen molar-refractivity contribution in [2.45, 2.75) is 18.8 Å². The van der Waals surface area contributed by atoms with Crippen molar-refractivity contribution in [2.75, 3.05) is 13.1 Å². The van der Waals surface area contributed by atoms with Crippen molar-refractivity contribution < 1.29 is 13.6 Å². The zero-order valence-electron chi connectivity index (χ0n) is 10.1. The minimum absolute atomic E-state index is 0.174. The Morgan fingerprint density at radius 3 is 2.63 bits per heavy atom. The van der Waals surface area contributed by atoms with Gasteiger partial charge in [0.05, 0.1) is 6.54 Å². The number of azide groups is 1. The molecule has 0 saturated carbocycles. The SMILES string of the molecule is [N-]=[N+]=Nc1ccc(C(=O)N2CCCC(F)(F)C2)cc1. The molecule has 0 spiro atoms. The van der Waals surface area contributed by atoms with Gasteiger partial charge in [-0.2, -0.15) is 0 Å². The highest BCUT2D eigenvalue weighted by Gasteiger charge is 2.37. The Morgan fingerprint density at radius 2 is 2.05 bits per heavy atom. The number of benzene rings is 1. The van der Waals surface area contributed by atoms with Gasteiger partial charge in [-0.1, -0.05) is 17.2 Å². The minimum Gasteiger partial charge on any atom is -0.333 e. The summed E-state index contributed by atoms with van der Waals surface area (Å²) < 4.78 is 26.5. The number of likely N-dealkylation sites (tertiary alicyclic amines) is 1. The van der Waals surface area contributed by atoms with Gasteiger partial charge in [-0.05, 0) is 24.1 Å². The average Bonchev–Trinajstić information content (AvgIpc) is 2.38. The summed E-state index contributed by atoms with van der Waals surface area (Å²) in [5.74, 6) is -3.23. The average molecular weight is 266 g/mol. The number of rotatable bonds is 2. The fourth-order valence-electron chi connectivity index (χ4n) is 2.04. The molecule has 0 atom stereocenters. The maximum absolute atomic E-state index is 13.2. The lowest BCUT2D eigenvalue weighted by Crippen LogP contribution is -2.45. The van der Waals surface area contributed by atoms with E-state index in [0.717, 1.165) is 4.90 Å². The van der Waals surface area contributed by atoms with E-state index in [1.165, 1.54) is 24.3 Å². The lowest BCUT2D eigenvalue weighted by Gasteiger charge is -2.32. The summed E-state index contributed by atoms with van der Waals surface area (Å²) in [6.07, 6.45) is 0.127. The number of alkyl halides is 2. The first kappa shape index (κ1) is 13.3. The Labute approximate surface area is 108 Å². The minimum atomic E-state index is -2.81. The number of piperidine rings is 1. The zero-order valence-corrected chi connectivity index (χ0v) is 10.1. The van der Waals surface area contributed by atoms with Crippen LogP contribution in [-0.4, -0.2) is 29.8 Å². The highest BCUT2D eigenvalue weighted by Crippen LogP contribution is 2.27. The van der Waals surface area contributed by atoms with Gasteiger partial charge in [-0.15, -0.1) is 0 Å². The number of hydrogen-bond donors (Lipinski definition) is 0. The standard InChI is InChI=1S/C12H12F2N4O/c13-12(14)6-1-7-18(8-12)11(19)9-2-4-10(5-3-9)16-17-15/h2-5H,1,6-8H2. The number of nitrogens with zero attached hydrogens (tertiary/aromatic N) is 4. The summed E-state index contributed by atoms with van der Waals surface area (Å²) in [5, 5.41) is 3.38. The van der Waals surface area contributed by atoms with Gasteiger partial charge in [0, 0.05) is 29.1 Å². The van der Waals surface area contributed by atoms with Gasteiger partial charge < -0.3 is 4.90 Å². The van der Waals surface area contributed by atoms with Crippen LogP contribution in [0.2, 0.25) is 0 Å². The van der Waals surface area contributed by atoms with Crippen LogP contribution >= 0.6 is 0 Å². The van der Waals surface area contributed by atoms with Crippen LogP contribution in [0.3, 0.4) is 0 Å². The summed E-state index contributed by atoms with van der Waals surface area (Å²) in [7, 11) is 0. The molecular weight excluding hydrogens is 254 g/mol. The van der Waals surface area contributed by atoms with Crippen LogP contribution in [0.1, 0.15) is 23.2 Å². The van der Waals surface area contributed by atoms with Crippen LogP contribution in [0.25, 0.3) is 10.4 Å². The smallest absolute Gasteiger partial charge is 0.265 e. The van der Waals surface area contributed by atoms with Crippen molar-refractivity contribution in [2.24, 2.45) is 5.11 Å². The fourth-order valence-corrected chi connectivity index (χ4v) is 2.04. The Kier molecular flexibility index (Phi) is 3.66. The monoisotopic (exact) mass is 266 g/mol. The molecule has 1 aliphatic rings. The molecule has 0 aromatic heterocycles. The molecule has 1 heterocycles. The molecule has 1 aromatic rings. The molecule has 0 aliphatic carbocycles. The molecule has 1 aliphatic heterocycles. The zero-order chi connectivity index (χ0) is 13.9. The first-order chi connectivity index (χ1) is 9.02. The number of hydrogen-bond acceptors (Lipinski definition) is 2. The topological polar surface area (TPSA) is 69.1 Å². The molecule has 1 fully saturated rings. The van der Waals surface area contributed by atoms with Crippen molar-refractivity contribution in [3.63, 3.8) is 0 Å². The first-order valence-corrected chi connectivity index (χ1v) is 5.84. The Morgan fingerprint density at radius 1 is 1.37 bits per heavy atom. The number of halogens is 2. The molecule has 2 rings (SSSR count). The molecule has 100 valence electrons. The largest absolute Gasteiger partial charge is 0.333 e. The highest BCUT2D eigenvalue weighted by atomic mass is 19.3. The van der Waals surface area contributed by atoms with Crippen molar-refractivity contribution in [3.05, 3.63) is 40.3 Å². The maximum atomic E-state index is 13.2. The number of amides is 1. The van der Waals surface area contributed by atoms with E-state index in [1.54, 1.807) is 0 Å². The third kappa shape index (κ3) is 3.20. The summed E-state index contributed by atoms with van der Waals surface area (Å²) in [6, 6.07) is 5.91. The molecule has 5 nitrogen and oxygen atoms in total. The van der Waals surface area contributed by atoms with Crippen LogP contribution in [0, 0.1) is 0 Å². The second kappa shape index (κ2) is 5.24. The van der Waals surface area contributed by atoms with E-state index in [4.69, 9.17) is 5.53 Å². The van der Waals surface area contributed by atoms with Gasteiger partial charge in [0.1, 0.15) is 0 Å². The predicted molar refractivity (Wildman–Crippen MR) is 65.3 cm³/mol. The molecule has 1 aromatic carbocycles. The van der Waals surface area contributed by atoms with Crippen LogP contribution in [0.4, 0.5) is 14.5 Å². The molecule has 1 amide bonds. The summed E-state index contributed by atoms with van der Waals surface area (Å²) in [5.41, 5.74) is 8.95. The third-order valence-electron chi connectivity index (χ3n) is 2.95. The quantitative estimate of drug-likeness (QED) is 0.459. The lowest BCUT2D eigenvalue weighted by atomic mass is 10.1. The molecule has 7 heteroatoms. The summed E-state index contributed by atoms with van der Waals surface area (Å²) in [4.78, 5) is 15.8. The van der Waals surface area contributed by atoms with E-state index in [0.29, 0.717) is 24.2 Å². The Balaban J connectivity index is 2.13. The molecule has 1 saturated heterocycles. The maximum Gasteiger partial charge on any atom is 0.265 e. The summed E-state index contributed by atoms with van der Waals surface area (Å²) >= 11 is 0. The van der Waals surface area contributed by atoms with Crippen molar-refractivity contribution >= 4 is 11.6 Å². The Hall–Kier alpha value is -2.14. The van der Waals surface area contributed by atoms with Crippen LogP contribution < -0.4 is 0 Å². The second-order valence-electron chi connectivity index (χ2n) is 4.42. The van der Waals surface area contributed by atoms with Gasteiger partial charge in [0.2, 0.25) is 0 Å². The van der Waals surface area contributed by atoms with Crippen LogP contribution in [-0.2, 0) is 0 Å². The van der Waals surface area contributed by atoms with E-state index < -0.39 is 18.4 Å². The van der Waals surface area contributed by atoms with Crippen LogP contribution in [0.5, 0.6) is 0 Å². The molecular formula is C12H12F2N4O. The van der Waals surface area contributed by atoms with Gasteiger partial charge in [0.25, 0.3) is 11.8 Å². The van der Waals surface area contributed by atoms with Crippen molar-refractivity contribution in [1.82, 2.24) is 4.90 Å². The number of carbonyl (C=O) groups excluding carboxylic acids is 1. The van der Waals surface area contributed by atoms with Crippen molar-refractivity contribution in [1.29, 1.82) is 0 Å². The normalized spacial score (nSPS) is 17.7. The van der Waals surface area contributed by atoms with Crippen molar-refractivity contribution in [3.8, 4) is 0 Å². The first-order valence-electron chi connectivity index (χ1n) is 5.84. The van der Waals surface area contributed by atoms with Gasteiger partial charge in [0.15, 0.2) is 0 Å². The van der Waals surface area contributed by atoms with E-state index in [1.807, 2.05) is 0 Å². The van der Waals surface area contributed by atoms with E-state index in [2.05, 4.69) is 10.0 Å². The Bertz CT molecular complexity index is 523. The lowest BCUT2D eigenvalue weighted by molar-refractivity contribution is -0.0560. The van der Waals surface area contributed by atoms with E-state index >= 15 is 0 Å². The molecule has 0 bridgehead atoms. The molecule has 0 unspecified atom stereocenters. The number of carbonyl (C=O) groups is 1. The molecule has 0 N–H and O–H groups in total. The van der Waals surface area contributed by atoms with Gasteiger partial charge in [-0.3, -0.25) is 4.79 Å². The summed E-state index contributed by atoms with van der Waals surface area (Å²) in [6.45, 7) is -0.198. The highest BCUT2D eigenvalue weighted by molar-refractivity contribution is 5.94. The second-order valence-corrected chi connectivity index (χ2v) is 4.42. The van der Waals surface area contributed by atoms with Gasteiger partial charge >= 0.3 is 0 Å².